The Bertz CT molecular complexity index is 339. The van der Waals surface area contributed by atoms with Crippen molar-refractivity contribution >= 4 is 17.5 Å². The molecule has 0 aliphatic rings. The summed E-state index contributed by atoms with van der Waals surface area (Å²) in [4.78, 5) is 11.6. The van der Waals surface area contributed by atoms with Gasteiger partial charge in [-0.1, -0.05) is 44.2 Å². The monoisotopic (exact) mass is 253 g/mol. The van der Waals surface area contributed by atoms with E-state index in [0.717, 1.165) is 6.42 Å². The van der Waals surface area contributed by atoms with Gasteiger partial charge in [0, 0.05) is 6.54 Å². The Hall–Kier alpha value is -1.02. The summed E-state index contributed by atoms with van der Waals surface area (Å²) < 4.78 is 0. The Labute approximate surface area is 108 Å². The van der Waals surface area contributed by atoms with E-state index < -0.39 is 5.38 Å². The zero-order valence-corrected chi connectivity index (χ0v) is 11.2. The van der Waals surface area contributed by atoms with Crippen LogP contribution in [0.5, 0.6) is 0 Å². The zero-order chi connectivity index (χ0) is 12.7. The molecule has 1 aromatic carbocycles. The summed E-state index contributed by atoms with van der Waals surface area (Å²) in [6.45, 7) is 4.82. The molecule has 0 aromatic heterocycles. The molecule has 17 heavy (non-hydrogen) atoms. The molecule has 1 rings (SSSR count). The number of alkyl halides is 1. The highest BCUT2D eigenvalue weighted by molar-refractivity contribution is 6.30. The molecule has 0 saturated heterocycles. The van der Waals surface area contributed by atoms with Crippen LogP contribution in [0.4, 0.5) is 0 Å². The van der Waals surface area contributed by atoms with Crippen molar-refractivity contribution in [3.63, 3.8) is 0 Å². The number of hydrogen-bond donors (Lipinski definition) is 1. The lowest BCUT2D eigenvalue weighted by molar-refractivity contribution is -0.120. The standard InChI is InChI=1S/C14H20ClNO/c1-3-9-16-14(17)13(15)10-11(2)12-7-5-4-6-8-12/h4-8,11,13H,3,9-10H2,1-2H3,(H,16,17). The summed E-state index contributed by atoms with van der Waals surface area (Å²) in [6, 6.07) is 10.1. The molecule has 2 nitrogen and oxygen atoms in total. The average molecular weight is 254 g/mol. The van der Waals surface area contributed by atoms with Gasteiger partial charge in [-0.05, 0) is 24.3 Å². The van der Waals surface area contributed by atoms with Crippen LogP contribution in [0.3, 0.4) is 0 Å². The van der Waals surface area contributed by atoms with Gasteiger partial charge in [0.25, 0.3) is 0 Å². The van der Waals surface area contributed by atoms with Crippen LogP contribution in [0.1, 0.15) is 38.2 Å². The summed E-state index contributed by atoms with van der Waals surface area (Å²) in [6.07, 6.45) is 1.60. The first-order chi connectivity index (χ1) is 8.15. The number of carbonyl (C=O) groups is 1. The Balaban J connectivity index is 2.45. The second-order valence-corrected chi connectivity index (χ2v) is 4.83. The lowest BCUT2D eigenvalue weighted by Gasteiger charge is -2.15. The first-order valence-electron chi connectivity index (χ1n) is 6.11. The molecular weight excluding hydrogens is 234 g/mol. The summed E-state index contributed by atoms with van der Waals surface area (Å²) in [5.74, 6) is 0.238. The van der Waals surface area contributed by atoms with E-state index in [2.05, 4.69) is 24.4 Å². The Morgan fingerprint density at radius 2 is 2.00 bits per heavy atom. The maximum atomic E-state index is 11.6. The van der Waals surface area contributed by atoms with Gasteiger partial charge in [0.05, 0.1) is 0 Å². The molecule has 2 atom stereocenters. The lowest BCUT2D eigenvalue weighted by Crippen LogP contribution is -2.32. The Morgan fingerprint density at radius 3 is 2.59 bits per heavy atom. The van der Waals surface area contributed by atoms with Crippen LogP contribution in [0, 0.1) is 0 Å². The molecule has 94 valence electrons. The van der Waals surface area contributed by atoms with Crippen LogP contribution in [0.25, 0.3) is 0 Å². The molecule has 2 unspecified atom stereocenters. The fourth-order valence-electron chi connectivity index (χ4n) is 1.69. The normalized spacial score (nSPS) is 14.1. The third-order valence-electron chi connectivity index (χ3n) is 2.76. The van der Waals surface area contributed by atoms with Gasteiger partial charge in [0.2, 0.25) is 5.91 Å². The highest BCUT2D eigenvalue weighted by Gasteiger charge is 2.18. The van der Waals surface area contributed by atoms with Gasteiger partial charge in [0.15, 0.2) is 0 Å². The second-order valence-electron chi connectivity index (χ2n) is 4.31. The largest absolute Gasteiger partial charge is 0.355 e. The molecule has 1 aromatic rings. The molecule has 0 spiro atoms. The van der Waals surface area contributed by atoms with Gasteiger partial charge in [-0.25, -0.2) is 0 Å². The molecule has 0 aliphatic carbocycles. The number of hydrogen-bond acceptors (Lipinski definition) is 1. The van der Waals surface area contributed by atoms with Crippen LogP contribution in [-0.4, -0.2) is 17.8 Å². The van der Waals surface area contributed by atoms with Crippen molar-refractivity contribution in [2.45, 2.75) is 38.0 Å². The molecule has 0 radical (unpaired) electrons. The van der Waals surface area contributed by atoms with Crippen molar-refractivity contribution in [3.8, 4) is 0 Å². The van der Waals surface area contributed by atoms with Gasteiger partial charge in [-0.2, -0.15) is 0 Å². The van der Waals surface area contributed by atoms with Crippen LogP contribution >= 0.6 is 11.6 Å². The smallest absolute Gasteiger partial charge is 0.238 e. The molecule has 0 heterocycles. The van der Waals surface area contributed by atoms with Gasteiger partial charge in [-0.15, -0.1) is 11.6 Å². The third-order valence-corrected chi connectivity index (χ3v) is 3.14. The van der Waals surface area contributed by atoms with Crippen LogP contribution in [0.15, 0.2) is 30.3 Å². The van der Waals surface area contributed by atoms with E-state index in [9.17, 15) is 4.79 Å². The van der Waals surface area contributed by atoms with Gasteiger partial charge < -0.3 is 5.32 Å². The van der Waals surface area contributed by atoms with Gasteiger partial charge in [0.1, 0.15) is 5.38 Å². The predicted molar refractivity (Wildman–Crippen MR) is 72.4 cm³/mol. The highest BCUT2D eigenvalue weighted by atomic mass is 35.5. The van der Waals surface area contributed by atoms with Crippen molar-refractivity contribution in [2.75, 3.05) is 6.54 Å². The number of carbonyl (C=O) groups excluding carboxylic acids is 1. The first kappa shape index (κ1) is 14.0. The molecule has 1 amide bonds. The summed E-state index contributed by atoms with van der Waals surface area (Å²) in [5, 5.41) is 2.37. The number of nitrogens with one attached hydrogen (secondary N) is 1. The summed E-state index contributed by atoms with van der Waals surface area (Å²) in [7, 11) is 0. The van der Waals surface area contributed by atoms with E-state index in [0.29, 0.717) is 18.9 Å². The number of halogens is 1. The van der Waals surface area contributed by atoms with Crippen molar-refractivity contribution in [1.29, 1.82) is 0 Å². The minimum atomic E-state index is -0.447. The van der Waals surface area contributed by atoms with Crippen LogP contribution in [0.2, 0.25) is 0 Å². The van der Waals surface area contributed by atoms with E-state index >= 15 is 0 Å². The van der Waals surface area contributed by atoms with E-state index in [1.807, 2.05) is 25.1 Å². The van der Waals surface area contributed by atoms with E-state index in [1.165, 1.54) is 5.56 Å². The third kappa shape index (κ3) is 4.78. The Kier molecular flexibility index (Phi) is 6.06. The molecule has 3 heteroatoms. The predicted octanol–water partition coefficient (Wildman–Crippen LogP) is 3.31. The zero-order valence-electron chi connectivity index (χ0n) is 10.4. The van der Waals surface area contributed by atoms with Crippen LogP contribution in [-0.2, 0) is 4.79 Å². The van der Waals surface area contributed by atoms with Crippen LogP contribution < -0.4 is 5.32 Å². The molecule has 0 bridgehead atoms. The van der Waals surface area contributed by atoms with Crippen molar-refractivity contribution in [1.82, 2.24) is 5.32 Å². The summed E-state index contributed by atoms with van der Waals surface area (Å²) >= 11 is 6.10. The maximum absolute atomic E-state index is 11.6. The molecule has 0 saturated carbocycles. The van der Waals surface area contributed by atoms with Crippen molar-refractivity contribution in [2.24, 2.45) is 0 Å². The van der Waals surface area contributed by atoms with E-state index in [-0.39, 0.29) is 5.91 Å². The van der Waals surface area contributed by atoms with E-state index in [4.69, 9.17) is 11.6 Å². The lowest BCUT2D eigenvalue weighted by atomic mass is 9.96. The average Bonchev–Trinajstić information content (AvgIpc) is 2.36. The maximum Gasteiger partial charge on any atom is 0.238 e. The Morgan fingerprint density at radius 1 is 1.35 bits per heavy atom. The summed E-state index contributed by atoms with van der Waals surface area (Å²) in [5.41, 5.74) is 1.22. The quantitative estimate of drug-likeness (QED) is 0.775. The SMILES string of the molecule is CCCNC(=O)C(Cl)CC(C)c1ccccc1. The minimum absolute atomic E-state index is 0.0590. The first-order valence-corrected chi connectivity index (χ1v) is 6.55. The van der Waals surface area contributed by atoms with Gasteiger partial charge in [-0.3, -0.25) is 4.79 Å². The molecular formula is C14H20ClNO. The fraction of sp³-hybridized carbons (Fsp3) is 0.500. The fourth-order valence-corrected chi connectivity index (χ4v) is 2.04. The van der Waals surface area contributed by atoms with E-state index in [1.54, 1.807) is 0 Å². The topological polar surface area (TPSA) is 29.1 Å². The van der Waals surface area contributed by atoms with Crippen molar-refractivity contribution < 1.29 is 4.79 Å². The second kappa shape index (κ2) is 7.33. The molecule has 0 fully saturated rings. The van der Waals surface area contributed by atoms with Gasteiger partial charge >= 0.3 is 0 Å². The highest BCUT2D eigenvalue weighted by Crippen LogP contribution is 2.22. The number of amides is 1. The number of benzene rings is 1. The molecule has 0 aliphatic heterocycles. The minimum Gasteiger partial charge on any atom is -0.355 e. The number of rotatable bonds is 6. The molecule has 1 N–H and O–H groups in total. The van der Waals surface area contributed by atoms with Crippen molar-refractivity contribution in [3.05, 3.63) is 35.9 Å².